The van der Waals surface area contributed by atoms with Crippen LogP contribution >= 0.6 is 0 Å². The predicted octanol–water partition coefficient (Wildman–Crippen LogP) is 2.65. The average molecular weight is 460 g/mol. The fourth-order valence-electron chi connectivity index (χ4n) is 4.00. The largest absolute Gasteiger partial charge is 0.468 e. The Labute approximate surface area is 199 Å². The average Bonchev–Trinajstić information content (AvgIpc) is 3.38. The third-order valence-electron chi connectivity index (χ3n) is 6.02. The van der Waals surface area contributed by atoms with Gasteiger partial charge >= 0.3 is 0 Å². The van der Waals surface area contributed by atoms with Crippen LogP contribution in [0.25, 0.3) is 0 Å². The van der Waals surface area contributed by atoms with E-state index in [1.807, 2.05) is 24.3 Å². The van der Waals surface area contributed by atoms with Crippen LogP contribution in [0.4, 0.5) is 5.69 Å². The van der Waals surface area contributed by atoms with Crippen LogP contribution in [0.2, 0.25) is 0 Å². The summed E-state index contributed by atoms with van der Waals surface area (Å²) in [4.78, 5) is 33.1. The number of aldehydes is 1. The molecule has 3 N–H and O–H groups in total. The number of pyridine rings is 1. The number of piperazine rings is 1. The molecule has 8 heteroatoms. The van der Waals surface area contributed by atoms with Crippen LogP contribution in [0, 0.1) is 6.92 Å². The fraction of sp³-hybridized carbons (Fsp3) is 0.269. The standard InChI is InChI=1S/C26H29N5O3/c1-19-23(5-2-10-28-19)26(33)25(27)24(18-32)29-16-20-6-8-21(9-7-20)31-13-11-30(12-14-31)17-22-4-3-15-34-22/h2-10,15,18,29H,11-14,16-17,27H2,1H3/b25-24-. The van der Waals surface area contributed by atoms with Gasteiger partial charge in [0.25, 0.3) is 0 Å². The van der Waals surface area contributed by atoms with Gasteiger partial charge in [0.2, 0.25) is 5.78 Å². The van der Waals surface area contributed by atoms with Gasteiger partial charge in [0.05, 0.1) is 12.8 Å². The number of aromatic nitrogens is 1. The van der Waals surface area contributed by atoms with E-state index in [2.05, 4.69) is 32.2 Å². The Kier molecular flexibility index (Phi) is 7.39. The number of Topliss-reactive ketones (excluding diaryl/α,β-unsaturated/α-hetero) is 1. The Morgan fingerprint density at radius 3 is 2.53 bits per heavy atom. The van der Waals surface area contributed by atoms with E-state index >= 15 is 0 Å². The number of carbonyl (C=O) groups excluding carboxylic acids is 2. The summed E-state index contributed by atoms with van der Waals surface area (Å²) in [6.07, 6.45) is 3.90. The van der Waals surface area contributed by atoms with E-state index in [1.54, 1.807) is 31.5 Å². The molecule has 0 saturated carbocycles. The van der Waals surface area contributed by atoms with Crippen molar-refractivity contribution in [2.24, 2.45) is 5.73 Å². The molecule has 0 spiro atoms. The molecule has 3 aromatic rings. The van der Waals surface area contributed by atoms with Crippen LogP contribution in [-0.4, -0.2) is 48.1 Å². The number of furan rings is 1. The van der Waals surface area contributed by atoms with Gasteiger partial charge in [0.15, 0.2) is 6.29 Å². The summed E-state index contributed by atoms with van der Waals surface area (Å²) < 4.78 is 5.45. The van der Waals surface area contributed by atoms with E-state index in [-0.39, 0.29) is 11.4 Å². The molecule has 1 fully saturated rings. The molecule has 1 aliphatic rings. The minimum absolute atomic E-state index is 0.0741. The fourth-order valence-corrected chi connectivity index (χ4v) is 4.00. The van der Waals surface area contributed by atoms with Gasteiger partial charge in [-0.25, -0.2) is 0 Å². The lowest BCUT2D eigenvalue weighted by Crippen LogP contribution is -2.45. The Bertz CT molecular complexity index is 1150. The summed E-state index contributed by atoms with van der Waals surface area (Å²) in [6.45, 7) is 6.79. The van der Waals surface area contributed by atoms with Crippen LogP contribution < -0.4 is 16.0 Å². The molecule has 34 heavy (non-hydrogen) atoms. The molecule has 4 rings (SSSR count). The third kappa shape index (κ3) is 5.52. The van der Waals surface area contributed by atoms with Crippen molar-refractivity contribution in [3.63, 3.8) is 0 Å². The van der Waals surface area contributed by atoms with Crippen molar-refractivity contribution in [1.29, 1.82) is 0 Å². The van der Waals surface area contributed by atoms with Crippen LogP contribution in [0.15, 0.2) is 76.8 Å². The van der Waals surface area contributed by atoms with Gasteiger partial charge in [0.1, 0.15) is 17.2 Å². The van der Waals surface area contributed by atoms with Crippen LogP contribution in [0.1, 0.15) is 27.4 Å². The van der Waals surface area contributed by atoms with E-state index in [1.165, 1.54) is 0 Å². The van der Waals surface area contributed by atoms with Gasteiger partial charge in [-0.15, -0.1) is 0 Å². The number of hydrogen-bond acceptors (Lipinski definition) is 8. The topological polar surface area (TPSA) is 105 Å². The highest BCUT2D eigenvalue weighted by molar-refractivity contribution is 6.11. The number of nitrogens with one attached hydrogen (secondary N) is 1. The van der Waals surface area contributed by atoms with Crippen molar-refractivity contribution in [2.45, 2.75) is 20.0 Å². The minimum atomic E-state index is -0.415. The molecule has 176 valence electrons. The SMILES string of the molecule is Cc1ncccc1C(=O)/C(N)=C(\C=O)NCc1ccc(N2CCN(Cc3ccco3)CC2)cc1. The van der Waals surface area contributed by atoms with E-state index in [4.69, 9.17) is 10.2 Å². The molecule has 0 amide bonds. The number of carbonyl (C=O) groups is 2. The lowest BCUT2D eigenvalue weighted by Gasteiger charge is -2.35. The molecule has 3 heterocycles. The van der Waals surface area contributed by atoms with Gasteiger partial charge in [-0.05, 0) is 48.9 Å². The van der Waals surface area contributed by atoms with Crippen molar-refractivity contribution in [2.75, 3.05) is 31.1 Å². The van der Waals surface area contributed by atoms with Crippen LogP contribution in [0.5, 0.6) is 0 Å². The first kappa shape index (κ1) is 23.3. The monoisotopic (exact) mass is 459 g/mol. The second kappa shape index (κ2) is 10.8. The molecular weight excluding hydrogens is 430 g/mol. The first-order valence-electron chi connectivity index (χ1n) is 11.3. The maximum Gasteiger partial charge on any atom is 0.212 e. The lowest BCUT2D eigenvalue weighted by atomic mass is 10.1. The van der Waals surface area contributed by atoms with E-state index in [9.17, 15) is 9.59 Å². The van der Waals surface area contributed by atoms with Gasteiger partial charge in [0, 0.05) is 55.9 Å². The second-order valence-electron chi connectivity index (χ2n) is 8.27. The first-order valence-corrected chi connectivity index (χ1v) is 11.3. The molecule has 1 saturated heterocycles. The number of nitrogens with zero attached hydrogens (tertiary/aromatic N) is 3. The molecule has 1 aliphatic heterocycles. The summed E-state index contributed by atoms with van der Waals surface area (Å²) in [5.74, 6) is 0.577. The smallest absolute Gasteiger partial charge is 0.212 e. The molecule has 2 aromatic heterocycles. The molecule has 0 aliphatic carbocycles. The summed E-state index contributed by atoms with van der Waals surface area (Å²) in [6, 6.07) is 15.4. The zero-order valence-electron chi connectivity index (χ0n) is 19.2. The number of aryl methyl sites for hydroxylation is 1. The van der Waals surface area contributed by atoms with Gasteiger partial charge in [-0.1, -0.05) is 12.1 Å². The number of ketones is 1. The molecule has 0 radical (unpaired) electrons. The number of nitrogens with two attached hydrogens (primary N) is 1. The highest BCUT2D eigenvalue weighted by Crippen LogP contribution is 2.19. The number of anilines is 1. The number of hydrogen-bond donors (Lipinski definition) is 2. The van der Waals surface area contributed by atoms with E-state index < -0.39 is 5.78 Å². The highest BCUT2D eigenvalue weighted by atomic mass is 16.3. The molecule has 8 nitrogen and oxygen atoms in total. The van der Waals surface area contributed by atoms with Crippen molar-refractivity contribution < 1.29 is 14.0 Å². The predicted molar refractivity (Wildman–Crippen MR) is 130 cm³/mol. The summed E-state index contributed by atoms with van der Waals surface area (Å²) in [7, 11) is 0. The molecule has 1 aromatic carbocycles. The summed E-state index contributed by atoms with van der Waals surface area (Å²) in [5, 5.41) is 3.00. The molecule has 0 atom stereocenters. The van der Waals surface area contributed by atoms with Crippen molar-refractivity contribution >= 4 is 17.8 Å². The maximum absolute atomic E-state index is 12.7. The van der Waals surface area contributed by atoms with Crippen molar-refractivity contribution in [3.05, 3.63) is 95.0 Å². The highest BCUT2D eigenvalue weighted by Gasteiger charge is 2.19. The number of rotatable bonds is 9. The summed E-state index contributed by atoms with van der Waals surface area (Å²) in [5.41, 5.74) is 9.06. The molecular formula is C26H29N5O3. The maximum atomic E-state index is 12.7. The van der Waals surface area contributed by atoms with E-state index in [0.29, 0.717) is 24.1 Å². The van der Waals surface area contributed by atoms with Crippen molar-refractivity contribution in [3.8, 4) is 0 Å². The quantitative estimate of drug-likeness (QED) is 0.286. The lowest BCUT2D eigenvalue weighted by molar-refractivity contribution is -0.105. The first-order chi connectivity index (χ1) is 16.5. The normalized spacial score (nSPS) is 15.0. The Morgan fingerprint density at radius 1 is 1.12 bits per heavy atom. The Hall–Kier alpha value is -3.91. The zero-order chi connectivity index (χ0) is 23.9. The third-order valence-corrected chi connectivity index (χ3v) is 6.02. The molecule has 0 bridgehead atoms. The van der Waals surface area contributed by atoms with Gasteiger partial charge in [-0.2, -0.15) is 0 Å². The minimum Gasteiger partial charge on any atom is -0.468 e. The molecule has 0 unspecified atom stereocenters. The Balaban J connectivity index is 1.32. The van der Waals surface area contributed by atoms with Crippen LogP contribution in [0.3, 0.4) is 0 Å². The van der Waals surface area contributed by atoms with Crippen LogP contribution in [-0.2, 0) is 17.9 Å². The second-order valence-corrected chi connectivity index (χ2v) is 8.27. The van der Waals surface area contributed by atoms with Gasteiger partial charge < -0.3 is 20.4 Å². The number of benzene rings is 1. The van der Waals surface area contributed by atoms with Crippen molar-refractivity contribution in [1.82, 2.24) is 15.2 Å². The number of allylic oxidation sites excluding steroid dienone is 2. The van der Waals surface area contributed by atoms with E-state index in [0.717, 1.165) is 49.7 Å². The Morgan fingerprint density at radius 2 is 1.88 bits per heavy atom. The van der Waals surface area contributed by atoms with Gasteiger partial charge in [-0.3, -0.25) is 19.5 Å². The summed E-state index contributed by atoms with van der Waals surface area (Å²) >= 11 is 0. The zero-order valence-corrected chi connectivity index (χ0v) is 19.2.